The molecule has 2 aromatic rings. The van der Waals surface area contributed by atoms with Crippen molar-refractivity contribution in [3.05, 3.63) is 41.1 Å². The monoisotopic (exact) mass is 270 g/mol. The summed E-state index contributed by atoms with van der Waals surface area (Å²) in [4.78, 5) is 21.0. The summed E-state index contributed by atoms with van der Waals surface area (Å²) in [5.41, 5.74) is 3.62. The molecule has 3 rings (SSSR count). The number of amides is 1. The normalized spacial score (nSPS) is 14.3. The molecule has 1 aliphatic carbocycles. The molecule has 0 bridgehead atoms. The van der Waals surface area contributed by atoms with E-state index in [0.717, 1.165) is 29.9 Å². The number of aryl methyl sites for hydroxylation is 1. The summed E-state index contributed by atoms with van der Waals surface area (Å²) in [5.74, 6) is 0.937. The number of anilines is 1. The maximum absolute atomic E-state index is 12.4. The predicted molar refractivity (Wildman–Crippen MR) is 76.8 cm³/mol. The molecule has 1 amide bonds. The molecule has 0 saturated heterocycles. The molecule has 0 aliphatic heterocycles. The van der Waals surface area contributed by atoms with Crippen molar-refractivity contribution < 1.29 is 4.79 Å². The second-order valence-electron chi connectivity index (χ2n) is 5.36. The molecule has 1 fully saturated rings. The molecule has 1 saturated carbocycles. The molecule has 2 aromatic heterocycles. The van der Waals surface area contributed by atoms with Crippen molar-refractivity contribution in [2.75, 3.05) is 5.32 Å². The van der Waals surface area contributed by atoms with E-state index >= 15 is 0 Å². The molecule has 0 unspecified atom stereocenters. The van der Waals surface area contributed by atoms with Crippen molar-refractivity contribution >= 4 is 11.7 Å². The van der Waals surface area contributed by atoms with Gasteiger partial charge in [0.1, 0.15) is 0 Å². The first-order valence-corrected chi connectivity index (χ1v) is 6.83. The van der Waals surface area contributed by atoms with Crippen LogP contribution in [0, 0.1) is 13.8 Å². The minimum atomic E-state index is -0.117. The van der Waals surface area contributed by atoms with Crippen LogP contribution in [0.3, 0.4) is 0 Å². The van der Waals surface area contributed by atoms with Gasteiger partial charge >= 0.3 is 0 Å². The molecular weight excluding hydrogens is 252 g/mol. The lowest BCUT2D eigenvalue weighted by molar-refractivity contribution is 0.102. The third-order valence-corrected chi connectivity index (χ3v) is 3.94. The number of hydrogen-bond donors (Lipinski definition) is 1. The maximum atomic E-state index is 12.4. The lowest BCUT2D eigenvalue weighted by Crippen LogP contribution is -2.15. The Morgan fingerprint density at radius 3 is 2.60 bits per heavy atom. The van der Waals surface area contributed by atoms with Crippen LogP contribution in [0.2, 0.25) is 0 Å². The number of carbonyl (C=O) groups is 1. The van der Waals surface area contributed by atoms with Gasteiger partial charge in [0.2, 0.25) is 0 Å². The minimum Gasteiger partial charge on any atom is -0.351 e. The highest BCUT2D eigenvalue weighted by molar-refractivity contribution is 6.05. The zero-order chi connectivity index (χ0) is 14.3. The highest BCUT2D eigenvalue weighted by Gasteiger charge is 2.29. The summed E-state index contributed by atoms with van der Waals surface area (Å²) in [6.07, 6.45) is 5.56. The van der Waals surface area contributed by atoms with E-state index in [2.05, 4.69) is 15.3 Å². The SMILES string of the molecule is Cc1cc(C(=O)Nc2nccnc2C2CC2)c(C)n1C. The van der Waals surface area contributed by atoms with Gasteiger partial charge in [-0.1, -0.05) is 0 Å². The summed E-state index contributed by atoms with van der Waals surface area (Å²) in [6, 6.07) is 1.90. The number of nitrogens with zero attached hydrogens (tertiary/aromatic N) is 3. The lowest BCUT2D eigenvalue weighted by Gasteiger charge is -2.08. The van der Waals surface area contributed by atoms with Gasteiger partial charge in [0.05, 0.1) is 11.3 Å². The highest BCUT2D eigenvalue weighted by atomic mass is 16.1. The van der Waals surface area contributed by atoms with Crippen LogP contribution in [0.5, 0.6) is 0 Å². The first kappa shape index (κ1) is 12.8. The molecule has 2 heterocycles. The van der Waals surface area contributed by atoms with E-state index < -0.39 is 0 Å². The molecule has 1 N–H and O–H groups in total. The van der Waals surface area contributed by atoms with Crippen LogP contribution in [0.1, 0.15) is 46.2 Å². The molecular formula is C15H18N4O. The van der Waals surface area contributed by atoms with Gasteiger partial charge in [-0.05, 0) is 32.8 Å². The second-order valence-corrected chi connectivity index (χ2v) is 5.36. The second kappa shape index (κ2) is 4.74. The number of carbonyl (C=O) groups excluding carboxylic acids is 1. The van der Waals surface area contributed by atoms with Gasteiger partial charge in [-0.2, -0.15) is 0 Å². The average molecular weight is 270 g/mol. The number of nitrogens with one attached hydrogen (secondary N) is 1. The standard InChI is InChI=1S/C15H18N4O/c1-9-8-12(10(2)19(9)3)15(20)18-14-13(11-4-5-11)16-6-7-17-14/h6-8,11H,4-5H2,1-3H3,(H,17,18,20). The quantitative estimate of drug-likeness (QED) is 0.932. The number of rotatable bonds is 3. The van der Waals surface area contributed by atoms with Crippen molar-refractivity contribution in [2.45, 2.75) is 32.6 Å². The molecule has 0 aromatic carbocycles. The lowest BCUT2D eigenvalue weighted by atomic mass is 10.2. The van der Waals surface area contributed by atoms with Gasteiger partial charge in [0, 0.05) is 36.7 Å². The Morgan fingerprint density at radius 1 is 1.30 bits per heavy atom. The van der Waals surface area contributed by atoms with Crippen LogP contribution < -0.4 is 5.32 Å². The fourth-order valence-corrected chi connectivity index (χ4v) is 2.36. The molecule has 20 heavy (non-hydrogen) atoms. The molecule has 0 radical (unpaired) electrons. The Hall–Kier alpha value is -2.17. The van der Waals surface area contributed by atoms with Crippen LogP contribution in [0.15, 0.2) is 18.5 Å². The Bertz CT molecular complexity index is 671. The van der Waals surface area contributed by atoms with Crippen molar-refractivity contribution in [1.82, 2.24) is 14.5 Å². The largest absolute Gasteiger partial charge is 0.351 e. The fraction of sp³-hybridized carbons (Fsp3) is 0.400. The van der Waals surface area contributed by atoms with E-state index in [0.29, 0.717) is 17.3 Å². The third-order valence-electron chi connectivity index (χ3n) is 3.94. The van der Waals surface area contributed by atoms with Gasteiger partial charge in [-0.15, -0.1) is 0 Å². The van der Waals surface area contributed by atoms with Crippen molar-refractivity contribution in [3.8, 4) is 0 Å². The first-order chi connectivity index (χ1) is 9.58. The molecule has 104 valence electrons. The molecule has 5 heteroatoms. The van der Waals surface area contributed by atoms with Gasteiger partial charge in [0.25, 0.3) is 5.91 Å². The molecule has 1 aliphatic rings. The van der Waals surface area contributed by atoms with E-state index in [9.17, 15) is 4.79 Å². The zero-order valence-electron chi connectivity index (χ0n) is 12.0. The van der Waals surface area contributed by atoms with Gasteiger partial charge in [-0.3, -0.25) is 9.78 Å². The van der Waals surface area contributed by atoms with E-state index in [-0.39, 0.29) is 5.91 Å². The zero-order valence-corrected chi connectivity index (χ0v) is 12.0. The summed E-state index contributed by atoms with van der Waals surface area (Å²) in [7, 11) is 1.96. The number of hydrogen-bond acceptors (Lipinski definition) is 3. The Kier molecular flexibility index (Phi) is 3.04. The van der Waals surface area contributed by atoms with Crippen LogP contribution >= 0.6 is 0 Å². The Labute approximate surface area is 118 Å². The van der Waals surface area contributed by atoms with Crippen molar-refractivity contribution in [2.24, 2.45) is 7.05 Å². The average Bonchev–Trinajstić information content (AvgIpc) is 3.24. The first-order valence-electron chi connectivity index (χ1n) is 6.83. The minimum absolute atomic E-state index is 0.117. The molecule has 5 nitrogen and oxygen atoms in total. The smallest absolute Gasteiger partial charge is 0.258 e. The van der Waals surface area contributed by atoms with Crippen molar-refractivity contribution in [1.29, 1.82) is 0 Å². The predicted octanol–water partition coefficient (Wildman–Crippen LogP) is 2.56. The van der Waals surface area contributed by atoms with Gasteiger partial charge in [-0.25, -0.2) is 4.98 Å². The molecule has 0 spiro atoms. The van der Waals surface area contributed by atoms with Crippen molar-refractivity contribution in [3.63, 3.8) is 0 Å². The van der Waals surface area contributed by atoms with Gasteiger partial charge < -0.3 is 9.88 Å². The van der Waals surface area contributed by atoms with Crippen LogP contribution in [-0.2, 0) is 7.05 Å². The van der Waals surface area contributed by atoms with Crippen LogP contribution in [0.4, 0.5) is 5.82 Å². The summed E-state index contributed by atoms with van der Waals surface area (Å²) < 4.78 is 2.01. The highest BCUT2D eigenvalue weighted by Crippen LogP contribution is 2.41. The van der Waals surface area contributed by atoms with E-state index in [4.69, 9.17) is 0 Å². The van der Waals surface area contributed by atoms with E-state index in [1.807, 2.05) is 31.5 Å². The topological polar surface area (TPSA) is 59.8 Å². The maximum Gasteiger partial charge on any atom is 0.258 e. The van der Waals surface area contributed by atoms with E-state index in [1.54, 1.807) is 12.4 Å². The number of aromatic nitrogens is 3. The van der Waals surface area contributed by atoms with Crippen LogP contribution in [0.25, 0.3) is 0 Å². The Balaban J connectivity index is 1.87. The fourth-order valence-electron chi connectivity index (χ4n) is 2.36. The third kappa shape index (κ3) is 2.19. The Morgan fingerprint density at radius 2 is 2.00 bits per heavy atom. The summed E-state index contributed by atoms with van der Waals surface area (Å²) >= 11 is 0. The van der Waals surface area contributed by atoms with Gasteiger partial charge in [0.15, 0.2) is 5.82 Å². The van der Waals surface area contributed by atoms with Crippen LogP contribution in [-0.4, -0.2) is 20.4 Å². The van der Waals surface area contributed by atoms with E-state index in [1.165, 1.54) is 0 Å². The molecule has 0 atom stereocenters. The summed E-state index contributed by atoms with van der Waals surface area (Å²) in [5, 5.41) is 2.90. The summed E-state index contributed by atoms with van der Waals surface area (Å²) in [6.45, 7) is 3.93.